The van der Waals surface area contributed by atoms with Gasteiger partial charge in [-0.2, -0.15) is 18.2 Å². The smallest absolute Gasteiger partial charge is 0.410 e. The number of nitrogens with zero attached hydrogens (tertiary/aromatic N) is 4. The average Bonchev–Trinajstić information content (AvgIpc) is 3.69. The van der Waals surface area contributed by atoms with Gasteiger partial charge in [0, 0.05) is 30.3 Å². The van der Waals surface area contributed by atoms with Crippen molar-refractivity contribution < 1.29 is 40.7 Å². The van der Waals surface area contributed by atoms with Crippen molar-refractivity contribution in [3.8, 4) is 17.1 Å². The van der Waals surface area contributed by atoms with E-state index >= 15 is 0 Å². The molecule has 1 N–H and O–H groups in total. The Morgan fingerprint density at radius 1 is 1.04 bits per heavy atom. The van der Waals surface area contributed by atoms with Crippen LogP contribution < -0.4 is 9.46 Å². The number of carbonyl (C=O) groups excluding carboxylic acids is 2. The molecular formula is C34H38F3N5O6S. The van der Waals surface area contributed by atoms with E-state index < -0.39 is 51.4 Å². The van der Waals surface area contributed by atoms with Crippen LogP contribution in [-0.4, -0.2) is 83.7 Å². The standard InChI is InChI=1S/C34H38F3N5O6S/c1-20-8-6-9-21(2)28(20)24-17-27-39-30(38-24)40-49(45,46)23-11-7-10-22(16-23)29(43)42(15-14-33(12-13-33)34(35,36)37)25-18-41(19-26(25)47-27)31(44)48-32(3,4)5/h6-11,16-17,25-26H,12-15,18-19H2,1-5H3,(H,38,39,40)/t25-,26-/m1/s1. The van der Waals surface area contributed by atoms with E-state index in [-0.39, 0.29) is 61.2 Å². The van der Waals surface area contributed by atoms with Crippen LogP contribution in [0.4, 0.5) is 23.9 Å². The lowest BCUT2D eigenvalue weighted by molar-refractivity contribution is -0.189. The Morgan fingerprint density at radius 2 is 1.71 bits per heavy atom. The molecule has 15 heteroatoms. The van der Waals surface area contributed by atoms with E-state index in [1.807, 2.05) is 32.0 Å². The molecule has 49 heavy (non-hydrogen) atoms. The van der Waals surface area contributed by atoms with Crippen molar-refractivity contribution >= 4 is 28.0 Å². The number of carbonyl (C=O) groups is 2. The number of alkyl halides is 3. The minimum Gasteiger partial charge on any atom is -0.470 e. The van der Waals surface area contributed by atoms with Gasteiger partial charge in [-0.3, -0.25) is 4.79 Å². The van der Waals surface area contributed by atoms with Gasteiger partial charge in [0.15, 0.2) is 0 Å². The summed E-state index contributed by atoms with van der Waals surface area (Å²) in [5, 5.41) is 0. The van der Waals surface area contributed by atoms with Crippen LogP contribution >= 0.6 is 0 Å². The Labute approximate surface area is 282 Å². The summed E-state index contributed by atoms with van der Waals surface area (Å²) < 4.78 is 83.9. The van der Waals surface area contributed by atoms with Crippen molar-refractivity contribution in [2.24, 2.45) is 5.41 Å². The Morgan fingerprint density at radius 3 is 2.35 bits per heavy atom. The van der Waals surface area contributed by atoms with E-state index in [1.165, 1.54) is 40.1 Å². The first-order valence-corrected chi connectivity index (χ1v) is 17.4. The van der Waals surface area contributed by atoms with Crippen molar-refractivity contribution in [1.29, 1.82) is 0 Å². The van der Waals surface area contributed by atoms with E-state index in [1.54, 1.807) is 20.8 Å². The van der Waals surface area contributed by atoms with Gasteiger partial charge in [-0.1, -0.05) is 24.3 Å². The Bertz CT molecular complexity index is 1890. The van der Waals surface area contributed by atoms with Gasteiger partial charge >= 0.3 is 12.3 Å². The summed E-state index contributed by atoms with van der Waals surface area (Å²) in [4.78, 5) is 38.8. The molecule has 2 fully saturated rings. The number of sulfonamides is 1. The predicted molar refractivity (Wildman–Crippen MR) is 174 cm³/mol. The largest absolute Gasteiger partial charge is 0.470 e. The van der Waals surface area contributed by atoms with Crippen molar-refractivity contribution in [3.05, 3.63) is 65.2 Å². The van der Waals surface area contributed by atoms with Gasteiger partial charge < -0.3 is 19.3 Å². The second-order valence-electron chi connectivity index (χ2n) is 14.0. The number of nitrogens with one attached hydrogen (secondary N) is 1. The van der Waals surface area contributed by atoms with Crippen LogP contribution in [0.25, 0.3) is 11.3 Å². The molecule has 1 saturated heterocycles. The molecule has 2 aromatic carbocycles. The third-order valence-corrected chi connectivity index (χ3v) is 10.5. The maximum Gasteiger partial charge on any atom is 0.410 e. The van der Waals surface area contributed by atoms with Crippen molar-refractivity contribution in [2.45, 2.75) is 82.7 Å². The van der Waals surface area contributed by atoms with Crippen LogP contribution in [0.1, 0.15) is 61.5 Å². The molecule has 262 valence electrons. The summed E-state index contributed by atoms with van der Waals surface area (Å²) in [5.74, 6) is -1.05. The lowest BCUT2D eigenvalue weighted by atomic mass is 10.00. The molecule has 11 nitrogen and oxygen atoms in total. The van der Waals surface area contributed by atoms with Gasteiger partial charge in [-0.15, -0.1) is 0 Å². The first kappa shape index (κ1) is 34.5. The third-order valence-electron chi connectivity index (χ3n) is 9.16. The van der Waals surface area contributed by atoms with Gasteiger partial charge in [0.2, 0.25) is 11.8 Å². The highest BCUT2D eigenvalue weighted by atomic mass is 32.2. The summed E-state index contributed by atoms with van der Waals surface area (Å²) in [6.45, 7) is 8.37. The SMILES string of the molecule is Cc1cccc(C)c1-c1cc2nc(n1)NS(=O)(=O)c1cccc(c1)C(=O)N(CCC1(C(F)(F)F)CC1)[C@@H]1CN(C(=O)OC(C)(C)C)C[C@H]1O2. The van der Waals surface area contributed by atoms with Gasteiger partial charge in [0.05, 0.1) is 28.6 Å². The minimum absolute atomic E-state index is 0.0568. The lowest BCUT2D eigenvalue weighted by Crippen LogP contribution is -2.50. The molecule has 3 aliphatic rings. The van der Waals surface area contributed by atoms with Crippen LogP contribution in [-0.2, 0) is 14.8 Å². The molecule has 2 atom stereocenters. The summed E-state index contributed by atoms with van der Waals surface area (Å²) in [6, 6.07) is 11.5. The molecule has 3 heterocycles. The quantitative estimate of drug-likeness (QED) is 0.345. The molecule has 2 aliphatic heterocycles. The summed E-state index contributed by atoms with van der Waals surface area (Å²) in [5.41, 5.74) is -0.0397. The zero-order chi connectivity index (χ0) is 35.5. The molecule has 1 saturated carbocycles. The minimum atomic E-state index is -4.46. The molecule has 3 aromatic rings. The Balaban J connectivity index is 1.49. The highest BCUT2D eigenvalue weighted by Crippen LogP contribution is 2.60. The third kappa shape index (κ3) is 7.03. The number of halogens is 3. The van der Waals surface area contributed by atoms with Crippen LogP contribution in [0.15, 0.2) is 53.4 Å². The fourth-order valence-electron chi connectivity index (χ4n) is 6.40. The topological polar surface area (TPSA) is 131 Å². The van der Waals surface area contributed by atoms with E-state index in [2.05, 4.69) is 14.7 Å². The van der Waals surface area contributed by atoms with Crippen molar-refractivity contribution in [3.63, 3.8) is 0 Å². The number of hydrogen-bond acceptors (Lipinski definition) is 8. The van der Waals surface area contributed by atoms with E-state index in [0.717, 1.165) is 16.7 Å². The molecular weight excluding hydrogens is 663 g/mol. The molecule has 6 rings (SSSR count). The number of amides is 2. The second-order valence-corrected chi connectivity index (χ2v) is 15.6. The van der Waals surface area contributed by atoms with E-state index in [0.29, 0.717) is 5.69 Å². The number of benzene rings is 2. The van der Waals surface area contributed by atoms with Gasteiger partial charge in [-0.05, 0) is 83.2 Å². The van der Waals surface area contributed by atoms with Gasteiger partial charge in [0.25, 0.3) is 15.9 Å². The molecule has 4 bridgehead atoms. The number of hydrogen-bond donors (Lipinski definition) is 1. The van der Waals surface area contributed by atoms with Gasteiger partial charge in [-0.25, -0.2) is 22.9 Å². The molecule has 0 spiro atoms. The number of fused-ring (bicyclic) bond motifs is 5. The number of aromatic nitrogens is 2. The lowest BCUT2D eigenvalue weighted by Gasteiger charge is -2.34. The summed E-state index contributed by atoms with van der Waals surface area (Å²) in [7, 11) is -4.34. The first-order chi connectivity index (χ1) is 22.9. The van der Waals surface area contributed by atoms with Crippen LogP contribution in [0.2, 0.25) is 0 Å². The molecule has 0 radical (unpaired) electrons. The fraction of sp³-hybridized carbons (Fsp3) is 0.471. The normalized spacial score (nSPS) is 21.3. The Hall–Kier alpha value is -4.40. The zero-order valence-electron chi connectivity index (χ0n) is 27.8. The van der Waals surface area contributed by atoms with E-state index in [4.69, 9.17) is 9.47 Å². The number of rotatable bonds is 4. The molecule has 1 aliphatic carbocycles. The number of anilines is 1. The number of aryl methyl sites for hydroxylation is 2. The molecule has 2 amide bonds. The van der Waals surface area contributed by atoms with Gasteiger partial charge in [0.1, 0.15) is 11.7 Å². The van der Waals surface area contributed by atoms with Crippen molar-refractivity contribution in [2.75, 3.05) is 24.4 Å². The maximum atomic E-state index is 14.3. The number of ether oxygens (including phenoxy) is 2. The monoisotopic (exact) mass is 701 g/mol. The fourth-order valence-corrected chi connectivity index (χ4v) is 7.39. The second kappa shape index (κ2) is 12.2. The molecule has 0 unspecified atom stereocenters. The zero-order valence-corrected chi connectivity index (χ0v) is 28.6. The predicted octanol–water partition coefficient (Wildman–Crippen LogP) is 6.12. The highest BCUT2D eigenvalue weighted by Gasteiger charge is 2.63. The highest BCUT2D eigenvalue weighted by molar-refractivity contribution is 7.92. The first-order valence-electron chi connectivity index (χ1n) is 16.0. The summed E-state index contributed by atoms with van der Waals surface area (Å²) in [6.07, 6.45) is -6.61. The average molecular weight is 702 g/mol. The van der Waals surface area contributed by atoms with Crippen LogP contribution in [0, 0.1) is 19.3 Å². The molecule has 1 aromatic heterocycles. The Kier molecular flexibility index (Phi) is 8.57. The summed E-state index contributed by atoms with van der Waals surface area (Å²) >= 11 is 0. The maximum absolute atomic E-state index is 14.3. The van der Waals surface area contributed by atoms with Crippen LogP contribution in [0.3, 0.4) is 0 Å². The van der Waals surface area contributed by atoms with E-state index in [9.17, 15) is 31.2 Å². The number of likely N-dealkylation sites (tertiary alicyclic amines) is 1. The van der Waals surface area contributed by atoms with Crippen LogP contribution in [0.5, 0.6) is 5.88 Å². The van der Waals surface area contributed by atoms with Crippen molar-refractivity contribution in [1.82, 2.24) is 19.8 Å².